The summed E-state index contributed by atoms with van der Waals surface area (Å²) in [5.41, 5.74) is 10.2. The molecule has 0 aliphatic carbocycles. The smallest absolute Gasteiger partial charge is 0.132 e. The van der Waals surface area contributed by atoms with Crippen LogP contribution in [0.4, 0.5) is 4.39 Å². The van der Waals surface area contributed by atoms with Crippen molar-refractivity contribution < 1.29 is 9.13 Å². The molecule has 118 valence electrons. The third-order valence-electron chi connectivity index (χ3n) is 4.39. The number of halogens is 1. The second-order valence-electron chi connectivity index (χ2n) is 6.11. The van der Waals surface area contributed by atoms with Crippen LogP contribution in [0.1, 0.15) is 11.1 Å². The Balaban J connectivity index is 1.98. The predicted molar refractivity (Wildman–Crippen MR) is 88.0 cm³/mol. The maximum Gasteiger partial charge on any atom is 0.132 e. The zero-order valence-corrected chi connectivity index (χ0v) is 13.1. The molecule has 0 saturated heterocycles. The van der Waals surface area contributed by atoms with E-state index in [1.54, 1.807) is 0 Å². The molecule has 0 amide bonds. The standard InChI is InChI=1S/C18H18FN3O/c1-10-3-4-16-14(5-10)17(21-22(16)2)15-8-12(19)6-11-7-13(9-20)23-18(11)15/h3-6,8,13H,7,9,20H2,1-2H3. The summed E-state index contributed by atoms with van der Waals surface area (Å²) in [6, 6.07) is 9.19. The fraction of sp³-hybridized carbons (Fsp3) is 0.278. The van der Waals surface area contributed by atoms with Crippen molar-refractivity contribution in [3.05, 3.63) is 47.3 Å². The third-order valence-corrected chi connectivity index (χ3v) is 4.39. The Bertz CT molecular complexity index is 916. The summed E-state index contributed by atoms with van der Waals surface area (Å²) in [5.74, 6) is 0.440. The Labute approximate surface area is 133 Å². The van der Waals surface area contributed by atoms with E-state index in [1.807, 2.05) is 30.8 Å². The number of rotatable bonds is 2. The highest BCUT2D eigenvalue weighted by atomic mass is 19.1. The van der Waals surface area contributed by atoms with Gasteiger partial charge in [0.1, 0.15) is 23.4 Å². The fourth-order valence-electron chi connectivity index (χ4n) is 3.28. The van der Waals surface area contributed by atoms with Crippen LogP contribution >= 0.6 is 0 Å². The molecule has 23 heavy (non-hydrogen) atoms. The Morgan fingerprint density at radius 1 is 1.35 bits per heavy atom. The largest absolute Gasteiger partial charge is 0.488 e. The molecule has 0 radical (unpaired) electrons. The summed E-state index contributed by atoms with van der Waals surface area (Å²) in [7, 11) is 1.89. The van der Waals surface area contributed by atoms with Gasteiger partial charge < -0.3 is 10.5 Å². The van der Waals surface area contributed by atoms with Crippen molar-refractivity contribution in [2.45, 2.75) is 19.4 Å². The lowest BCUT2D eigenvalue weighted by Gasteiger charge is -2.10. The summed E-state index contributed by atoms with van der Waals surface area (Å²) in [4.78, 5) is 0. The van der Waals surface area contributed by atoms with Crippen LogP contribution in [0, 0.1) is 12.7 Å². The molecular weight excluding hydrogens is 293 g/mol. The Morgan fingerprint density at radius 3 is 2.96 bits per heavy atom. The molecule has 0 spiro atoms. The number of ether oxygens (including phenoxy) is 1. The SMILES string of the molecule is Cc1ccc2c(c1)c(-c1cc(F)cc3c1OC(CN)C3)nn2C. The van der Waals surface area contributed by atoms with Crippen molar-refractivity contribution in [3.8, 4) is 17.0 Å². The maximum absolute atomic E-state index is 14.1. The molecule has 1 atom stereocenters. The first-order valence-corrected chi connectivity index (χ1v) is 7.69. The van der Waals surface area contributed by atoms with Crippen molar-refractivity contribution in [1.29, 1.82) is 0 Å². The van der Waals surface area contributed by atoms with Crippen LogP contribution in [0.25, 0.3) is 22.2 Å². The molecule has 3 aromatic rings. The van der Waals surface area contributed by atoms with Crippen LogP contribution < -0.4 is 10.5 Å². The normalized spacial score (nSPS) is 16.6. The van der Waals surface area contributed by atoms with Gasteiger partial charge in [0.2, 0.25) is 0 Å². The number of hydrogen-bond acceptors (Lipinski definition) is 3. The monoisotopic (exact) mass is 311 g/mol. The van der Waals surface area contributed by atoms with Gasteiger partial charge in [0, 0.05) is 36.5 Å². The number of fused-ring (bicyclic) bond motifs is 2. The van der Waals surface area contributed by atoms with E-state index in [0.717, 1.165) is 27.7 Å². The van der Waals surface area contributed by atoms with Crippen LogP contribution in [0.15, 0.2) is 30.3 Å². The average molecular weight is 311 g/mol. The summed E-state index contributed by atoms with van der Waals surface area (Å²) in [5, 5.41) is 5.61. The van der Waals surface area contributed by atoms with Crippen molar-refractivity contribution in [1.82, 2.24) is 9.78 Å². The quantitative estimate of drug-likeness (QED) is 0.791. The van der Waals surface area contributed by atoms with E-state index in [1.165, 1.54) is 12.1 Å². The second-order valence-corrected chi connectivity index (χ2v) is 6.11. The van der Waals surface area contributed by atoms with E-state index in [4.69, 9.17) is 10.5 Å². The molecule has 0 saturated carbocycles. The molecule has 2 heterocycles. The highest BCUT2D eigenvalue weighted by Crippen LogP contribution is 2.41. The molecule has 0 fully saturated rings. The molecule has 4 rings (SSSR count). The molecule has 0 bridgehead atoms. The Kier molecular flexibility index (Phi) is 3.13. The first-order valence-electron chi connectivity index (χ1n) is 7.69. The fourth-order valence-corrected chi connectivity index (χ4v) is 3.28. The third kappa shape index (κ3) is 2.19. The molecule has 1 aromatic heterocycles. The average Bonchev–Trinajstić information content (AvgIpc) is 3.07. The summed E-state index contributed by atoms with van der Waals surface area (Å²) in [6.07, 6.45) is 0.544. The van der Waals surface area contributed by atoms with Gasteiger partial charge in [-0.25, -0.2) is 4.39 Å². The van der Waals surface area contributed by atoms with Gasteiger partial charge in [-0.05, 0) is 31.2 Å². The van der Waals surface area contributed by atoms with Crippen molar-refractivity contribution in [3.63, 3.8) is 0 Å². The van der Waals surface area contributed by atoms with Gasteiger partial charge in [-0.15, -0.1) is 0 Å². The second kappa shape index (κ2) is 5.06. The van der Waals surface area contributed by atoms with E-state index >= 15 is 0 Å². The van der Waals surface area contributed by atoms with E-state index in [2.05, 4.69) is 11.2 Å². The van der Waals surface area contributed by atoms with Crippen LogP contribution in [0.5, 0.6) is 5.75 Å². The van der Waals surface area contributed by atoms with E-state index < -0.39 is 0 Å². The van der Waals surface area contributed by atoms with Crippen LogP contribution in [0.2, 0.25) is 0 Å². The predicted octanol–water partition coefficient (Wildman–Crippen LogP) is 2.95. The zero-order valence-electron chi connectivity index (χ0n) is 13.1. The minimum Gasteiger partial charge on any atom is -0.488 e. The number of hydrogen-bond donors (Lipinski definition) is 1. The Morgan fingerprint density at radius 2 is 2.17 bits per heavy atom. The Hall–Kier alpha value is -2.40. The molecule has 4 nitrogen and oxygen atoms in total. The van der Waals surface area contributed by atoms with E-state index in [0.29, 0.717) is 24.3 Å². The lowest BCUT2D eigenvalue weighted by Crippen LogP contribution is -2.24. The number of nitrogens with two attached hydrogens (primary N) is 1. The molecule has 1 unspecified atom stereocenters. The van der Waals surface area contributed by atoms with Gasteiger partial charge in [0.25, 0.3) is 0 Å². The molecule has 5 heteroatoms. The maximum atomic E-state index is 14.1. The molecule has 1 aliphatic heterocycles. The topological polar surface area (TPSA) is 53.1 Å². The van der Waals surface area contributed by atoms with E-state index in [9.17, 15) is 4.39 Å². The minimum atomic E-state index is -0.272. The van der Waals surface area contributed by atoms with Crippen LogP contribution in [0.3, 0.4) is 0 Å². The van der Waals surface area contributed by atoms with Gasteiger partial charge in [-0.1, -0.05) is 11.6 Å². The molecule has 1 aliphatic rings. The van der Waals surface area contributed by atoms with Gasteiger partial charge in [0.15, 0.2) is 0 Å². The molecular formula is C18H18FN3O. The first-order chi connectivity index (χ1) is 11.1. The number of benzene rings is 2. The lowest BCUT2D eigenvalue weighted by atomic mass is 10.0. The molecule has 2 N–H and O–H groups in total. The van der Waals surface area contributed by atoms with Crippen molar-refractivity contribution in [2.75, 3.05) is 6.54 Å². The van der Waals surface area contributed by atoms with Crippen molar-refractivity contribution in [2.24, 2.45) is 12.8 Å². The van der Waals surface area contributed by atoms with Crippen LogP contribution in [-0.4, -0.2) is 22.4 Å². The number of aromatic nitrogens is 2. The van der Waals surface area contributed by atoms with Crippen LogP contribution in [-0.2, 0) is 13.5 Å². The van der Waals surface area contributed by atoms with Crippen molar-refractivity contribution >= 4 is 10.9 Å². The summed E-state index contributed by atoms with van der Waals surface area (Å²) >= 11 is 0. The number of nitrogens with zero attached hydrogens (tertiary/aromatic N) is 2. The van der Waals surface area contributed by atoms with Gasteiger partial charge in [0.05, 0.1) is 5.52 Å². The lowest BCUT2D eigenvalue weighted by molar-refractivity contribution is 0.242. The highest BCUT2D eigenvalue weighted by Gasteiger charge is 2.27. The zero-order chi connectivity index (χ0) is 16.1. The van der Waals surface area contributed by atoms with E-state index in [-0.39, 0.29) is 11.9 Å². The van der Waals surface area contributed by atoms with Gasteiger partial charge >= 0.3 is 0 Å². The first kappa shape index (κ1) is 14.2. The van der Waals surface area contributed by atoms with Gasteiger partial charge in [-0.3, -0.25) is 4.68 Å². The molecule has 2 aromatic carbocycles. The number of aryl methyl sites for hydroxylation is 2. The summed E-state index contributed by atoms with van der Waals surface area (Å²) < 4.78 is 21.9. The van der Waals surface area contributed by atoms with Gasteiger partial charge in [-0.2, -0.15) is 5.10 Å². The minimum absolute atomic E-state index is 0.0951. The highest BCUT2D eigenvalue weighted by molar-refractivity contribution is 5.95. The summed E-state index contributed by atoms with van der Waals surface area (Å²) in [6.45, 7) is 2.45.